The minimum Gasteiger partial charge on any atom is -0.505 e. The van der Waals surface area contributed by atoms with E-state index in [0.29, 0.717) is 10.6 Å². The molecule has 2 N–H and O–H groups in total. The van der Waals surface area contributed by atoms with Crippen molar-refractivity contribution in [3.63, 3.8) is 0 Å². The highest BCUT2D eigenvalue weighted by atomic mass is 35.5. The van der Waals surface area contributed by atoms with Crippen LogP contribution in [0.4, 0.5) is 0 Å². The molecule has 2 aromatic rings. The third-order valence-electron chi connectivity index (χ3n) is 1.91. The molecule has 0 aliphatic carbocycles. The van der Waals surface area contributed by atoms with Crippen molar-refractivity contribution in [2.75, 3.05) is 0 Å². The van der Waals surface area contributed by atoms with E-state index in [-0.39, 0.29) is 5.75 Å². The average Bonchev–Trinajstić information content (AvgIpc) is 2.63. The average molecular weight is 218 g/mol. The van der Waals surface area contributed by atoms with Gasteiger partial charge in [0, 0.05) is 23.0 Å². The predicted molar refractivity (Wildman–Crippen MR) is 59.9 cm³/mol. The van der Waals surface area contributed by atoms with Crippen LogP contribution in [-0.2, 0) is 0 Å². The summed E-state index contributed by atoms with van der Waals surface area (Å²) in [5, 5.41) is 10.0. The highest BCUT2D eigenvalue weighted by Crippen LogP contribution is 2.13. The highest BCUT2D eigenvalue weighted by molar-refractivity contribution is 6.30. The Bertz CT molecular complexity index is 517. The molecule has 2 rings (SSSR count). The van der Waals surface area contributed by atoms with Crippen LogP contribution in [0.2, 0.25) is 5.02 Å². The first-order valence-corrected chi connectivity index (χ1v) is 4.77. The zero-order valence-electron chi connectivity index (χ0n) is 7.79. The molecule has 3 heteroatoms. The van der Waals surface area contributed by atoms with Gasteiger partial charge in [-0.3, -0.25) is 0 Å². The summed E-state index contributed by atoms with van der Waals surface area (Å²) in [6.07, 6.45) is 3.14. The second-order valence-electron chi connectivity index (χ2n) is 3.01. The van der Waals surface area contributed by atoms with E-state index in [0.717, 1.165) is 5.56 Å². The second kappa shape index (κ2) is 4.12. The van der Waals surface area contributed by atoms with Crippen molar-refractivity contribution in [3.8, 4) is 17.6 Å². The van der Waals surface area contributed by atoms with Crippen molar-refractivity contribution >= 4 is 11.6 Å². The number of hydrogen-bond acceptors (Lipinski definition) is 1. The largest absolute Gasteiger partial charge is 0.505 e. The first-order valence-electron chi connectivity index (χ1n) is 4.39. The minimum absolute atomic E-state index is 0.163. The number of H-pyrrole nitrogens is 1. The van der Waals surface area contributed by atoms with Gasteiger partial charge in [0.15, 0.2) is 0 Å². The fourth-order valence-corrected chi connectivity index (χ4v) is 1.25. The summed E-state index contributed by atoms with van der Waals surface area (Å²) in [4.78, 5) is 2.77. The zero-order chi connectivity index (χ0) is 10.7. The third kappa shape index (κ3) is 2.34. The van der Waals surface area contributed by atoms with Crippen LogP contribution in [0.5, 0.6) is 5.75 Å². The van der Waals surface area contributed by atoms with Gasteiger partial charge in [-0.1, -0.05) is 23.4 Å². The molecule has 0 atom stereocenters. The number of aromatic nitrogens is 1. The van der Waals surface area contributed by atoms with Crippen LogP contribution in [0.25, 0.3) is 0 Å². The van der Waals surface area contributed by atoms with Crippen LogP contribution in [0.3, 0.4) is 0 Å². The fourth-order valence-electron chi connectivity index (χ4n) is 1.13. The molecule has 0 bridgehead atoms. The van der Waals surface area contributed by atoms with Crippen molar-refractivity contribution in [2.24, 2.45) is 0 Å². The molecule has 2 nitrogen and oxygen atoms in total. The number of halogens is 1. The van der Waals surface area contributed by atoms with E-state index >= 15 is 0 Å². The summed E-state index contributed by atoms with van der Waals surface area (Å²) in [6.45, 7) is 0. The van der Waals surface area contributed by atoms with Crippen LogP contribution in [0, 0.1) is 11.8 Å². The quantitative estimate of drug-likeness (QED) is 0.654. The molecule has 0 fully saturated rings. The zero-order valence-corrected chi connectivity index (χ0v) is 8.55. The normalized spacial score (nSPS) is 9.40. The lowest BCUT2D eigenvalue weighted by molar-refractivity contribution is 0.475. The lowest BCUT2D eigenvalue weighted by Gasteiger charge is -1.89. The lowest BCUT2D eigenvalue weighted by atomic mass is 10.2. The van der Waals surface area contributed by atoms with Gasteiger partial charge in [-0.15, -0.1) is 0 Å². The Hall–Kier alpha value is -1.85. The minimum atomic E-state index is 0.163. The molecule has 0 amide bonds. The Morgan fingerprint density at radius 3 is 2.40 bits per heavy atom. The molecule has 0 saturated carbocycles. The number of aromatic amines is 1. The molecule has 1 aromatic heterocycles. The molecule has 74 valence electrons. The van der Waals surface area contributed by atoms with Crippen LogP contribution < -0.4 is 0 Å². The molecular weight excluding hydrogens is 210 g/mol. The van der Waals surface area contributed by atoms with Crippen molar-refractivity contribution < 1.29 is 5.11 Å². The van der Waals surface area contributed by atoms with Crippen LogP contribution >= 0.6 is 11.6 Å². The molecule has 0 spiro atoms. The summed E-state index contributed by atoms with van der Waals surface area (Å²) in [6, 6.07) is 7.23. The van der Waals surface area contributed by atoms with Crippen molar-refractivity contribution in [3.05, 3.63) is 52.8 Å². The molecule has 0 aliphatic heterocycles. The smallest absolute Gasteiger partial charge is 0.148 e. The van der Waals surface area contributed by atoms with Crippen LogP contribution in [0.15, 0.2) is 36.7 Å². The Morgan fingerprint density at radius 1 is 1.07 bits per heavy atom. The van der Waals surface area contributed by atoms with Crippen LogP contribution in [-0.4, -0.2) is 10.1 Å². The lowest BCUT2D eigenvalue weighted by Crippen LogP contribution is -1.73. The van der Waals surface area contributed by atoms with Gasteiger partial charge in [0.1, 0.15) is 5.75 Å². The third-order valence-corrected chi connectivity index (χ3v) is 2.16. The van der Waals surface area contributed by atoms with E-state index in [9.17, 15) is 5.11 Å². The van der Waals surface area contributed by atoms with Gasteiger partial charge in [0.25, 0.3) is 0 Å². The van der Waals surface area contributed by atoms with Gasteiger partial charge in [-0.25, -0.2) is 0 Å². The summed E-state index contributed by atoms with van der Waals surface area (Å²) < 4.78 is 0. The molecule has 1 heterocycles. The summed E-state index contributed by atoms with van der Waals surface area (Å²) in [5.74, 6) is 5.94. The van der Waals surface area contributed by atoms with Crippen molar-refractivity contribution in [1.82, 2.24) is 4.98 Å². The van der Waals surface area contributed by atoms with Crippen LogP contribution in [0.1, 0.15) is 11.1 Å². The van der Waals surface area contributed by atoms with Gasteiger partial charge >= 0.3 is 0 Å². The van der Waals surface area contributed by atoms with E-state index in [2.05, 4.69) is 16.8 Å². The maximum Gasteiger partial charge on any atom is 0.148 e. The second-order valence-corrected chi connectivity index (χ2v) is 3.45. The highest BCUT2D eigenvalue weighted by Gasteiger charge is 1.95. The van der Waals surface area contributed by atoms with E-state index in [1.54, 1.807) is 18.3 Å². The summed E-state index contributed by atoms with van der Waals surface area (Å²) >= 11 is 5.74. The number of nitrogens with one attached hydrogen (secondary N) is 1. The van der Waals surface area contributed by atoms with Crippen molar-refractivity contribution in [1.29, 1.82) is 0 Å². The maximum absolute atomic E-state index is 9.32. The Morgan fingerprint density at radius 2 is 1.80 bits per heavy atom. The molecule has 15 heavy (non-hydrogen) atoms. The Kier molecular flexibility index (Phi) is 2.66. The fraction of sp³-hybridized carbons (Fsp3) is 0. The Labute approximate surface area is 92.5 Å². The van der Waals surface area contributed by atoms with Crippen molar-refractivity contribution in [2.45, 2.75) is 0 Å². The number of benzene rings is 1. The summed E-state index contributed by atoms with van der Waals surface area (Å²) in [5.41, 5.74) is 1.45. The maximum atomic E-state index is 9.32. The molecule has 0 saturated heterocycles. The Balaban J connectivity index is 2.26. The number of aromatic hydroxyl groups is 1. The molecule has 0 unspecified atom stereocenters. The van der Waals surface area contributed by atoms with Gasteiger partial charge in [-0.2, -0.15) is 0 Å². The van der Waals surface area contributed by atoms with Gasteiger partial charge in [0.05, 0.1) is 5.56 Å². The summed E-state index contributed by atoms with van der Waals surface area (Å²) in [7, 11) is 0. The van der Waals surface area contributed by atoms with Gasteiger partial charge in [-0.05, 0) is 24.3 Å². The molecule has 0 radical (unpaired) electrons. The molecule has 0 aliphatic rings. The first kappa shape index (κ1) is 9.70. The monoisotopic (exact) mass is 217 g/mol. The number of hydrogen-bond donors (Lipinski definition) is 2. The predicted octanol–water partition coefficient (Wildman–Crippen LogP) is 2.77. The standard InChI is InChI=1S/C12H8ClNO/c13-11-5-2-9(3-6-11)1-4-10-7-14-8-12(10)15/h2-3,5-8,14-15H. The SMILES string of the molecule is Oc1c[nH]cc1C#Cc1ccc(Cl)cc1. The first-order chi connectivity index (χ1) is 7.25. The van der Waals surface area contributed by atoms with E-state index in [4.69, 9.17) is 11.6 Å². The topological polar surface area (TPSA) is 36.0 Å². The van der Waals surface area contributed by atoms with E-state index in [1.807, 2.05) is 12.1 Å². The van der Waals surface area contributed by atoms with Gasteiger partial charge in [0.2, 0.25) is 0 Å². The molecule has 1 aromatic carbocycles. The van der Waals surface area contributed by atoms with E-state index in [1.165, 1.54) is 6.20 Å². The number of rotatable bonds is 0. The molecular formula is C12H8ClNO. The van der Waals surface area contributed by atoms with Gasteiger partial charge < -0.3 is 10.1 Å². The van der Waals surface area contributed by atoms with E-state index < -0.39 is 0 Å².